The van der Waals surface area contributed by atoms with Gasteiger partial charge in [-0.25, -0.2) is 4.98 Å². The number of aromatic nitrogens is 3. The molecule has 1 saturated heterocycles. The molecule has 2 aromatic rings. The van der Waals surface area contributed by atoms with E-state index in [2.05, 4.69) is 15.1 Å². The standard InChI is InChI=1S/C15H18N4O3/c1-2-11-12(16-8-21-11)15(20)19-7-3-4-10(19)13-17-14(22-18-13)9-5-6-9/h8-10H,2-7H2,1H3/t10-/m1/s1. The minimum Gasteiger partial charge on any atom is -0.448 e. The van der Waals surface area contributed by atoms with E-state index in [9.17, 15) is 4.79 Å². The highest BCUT2D eigenvalue weighted by molar-refractivity contribution is 5.93. The summed E-state index contributed by atoms with van der Waals surface area (Å²) in [4.78, 5) is 23.1. The smallest absolute Gasteiger partial charge is 0.276 e. The van der Waals surface area contributed by atoms with Crippen molar-refractivity contribution in [3.63, 3.8) is 0 Å². The van der Waals surface area contributed by atoms with Crippen molar-refractivity contribution in [1.29, 1.82) is 0 Å². The Morgan fingerprint density at radius 2 is 2.27 bits per heavy atom. The van der Waals surface area contributed by atoms with Gasteiger partial charge in [-0.2, -0.15) is 4.98 Å². The van der Waals surface area contributed by atoms with Crippen molar-refractivity contribution in [2.75, 3.05) is 6.54 Å². The molecule has 2 aliphatic rings. The largest absolute Gasteiger partial charge is 0.448 e. The number of hydrogen-bond acceptors (Lipinski definition) is 6. The molecule has 2 aromatic heterocycles. The molecule has 0 aromatic carbocycles. The van der Waals surface area contributed by atoms with Crippen molar-refractivity contribution in [1.82, 2.24) is 20.0 Å². The summed E-state index contributed by atoms with van der Waals surface area (Å²) in [7, 11) is 0. The highest BCUT2D eigenvalue weighted by atomic mass is 16.5. The topological polar surface area (TPSA) is 85.3 Å². The van der Waals surface area contributed by atoms with Gasteiger partial charge in [-0.3, -0.25) is 4.79 Å². The first-order valence-corrected chi connectivity index (χ1v) is 7.84. The van der Waals surface area contributed by atoms with Crippen molar-refractivity contribution in [3.8, 4) is 0 Å². The number of hydrogen-bond donors (Lipinski definition) is 0. The van der Waals surface area contributed by atoms with Crippen LogP contribution in [0, 0.1) is 0 Å². The molecule has 7 nitrogen and oxygen atoms in total. The van der Waals surface area contributed by atoms with E-state index in [1.807, 2.05) is 6.92 Å². The maximum absolute atomic E-state index is 12.7. The van der Waals surface area contributed by atoms with Crippen LogP contribution in [0.4, 0.5) is 0 Å². The molecule has 0 radical (unpaired) electrons. The molecule has 0 spiro atoms. The zero-order valence-electron chi connectivity index (χ0n) is 12.5. The Morgan fingerprint density at radius 3 is 3.05 bits per heavy atom. The van der Waals surface area contributed by atoms with Crippen LogP contribution in [0.25, 0.3) is 0 Å². The molecule has 0 N–H and O–H groups in total. The number of carbonyl (C=O) groups excluding carboxylic acids is 1. The lowest BCUT2D eigenvalue weighted by Gasteiger charge is -2.21. The number of aryl methyl sites for hydroxylation is 1. The molecule has 1 aliphatic heterocycles. The molecule has 22 heavy (non-hydrogen) atoms. The Balaban J connectivity index is 1.58. The normalized spacial score (nSPS) is 21.5. The van der Waals surface area contributed by atoms with Crippen LogP contribution in [-0.4, -0.2) is 32.5 Å². The summed E-state index contributed by atoms with van der Waals surface area (Å²) >= 11 is 0. The fourth-order valence-corrected chi connectivity index (χ4v) is 2.99. The van der Waals surface area contributed by atoms with Gasteiger partial charge < -0.3 is 13.8 Å². The number of likely N-dealkylation sites (tertiary alicyclic amines) is 1. The molecule has 1 saturated carbocycles. The van der Waals surface area contributed by atoms with Gasteiger partial charge in [-0.05, 0) is 25.7 Å². The predicted molar refractivity (Wildman–Crippen MR) is 75.2 cm³/mol. The Bertz CT molecular complexity index is 689. The second-order valence-electron chi connectivity index (χ2n) is 5.90. The molecule has 1 atom stereocenters. The molecular formula is C15H18N4O3. The van der Waals surface area contributed by atoms with Gasteiger partial charge in [0.1, 0.15) is 5.76 Å². The molecule has 1 amide bonds. The van der Waals surface area contributed by atoms with Crippen LogP contribution >= 0.6 is 0 Å². The average molecular weight is 302 g/mol. The highest BCUT2D eigenvalue weighted by Crippen LogP contribution is 2.40. The van der Waals surface area contributed by atoms with Crippen molar-refractivity contribution in [3.05, 3.63) is 29.6 Å². The maximum Gasteiger partial charge on any atom is 0.276 e. The summed E-state index contributed by atoms with van der Waals surface area (Å²) in [6, 6.07) is -0.120. The van der Waals surface area contributed by atoms with E-state index < -0.39 is 0 Å². The van der Waals surface area contributed by atoms with E-state index >= 15 is 0 Å². The number of carbonyl (C=O) groups is 1. The predicted octanol–water partition coefficient (Wildman–Crippen LogP) is 2.47. The van der Waals surface area contributed by atoms with Gasteiger partial charge in [-0.15, -0.1) is 0 Å². The van der Waals surface area contributed by atoms with Crippen LogP contribution in [0.3, 0.4) is 0 Å². The number of amides is 1. The Hall–Kier alpha value is -2.18. The monoisotopic (exact) mass is 302 g/mol. The van der Waals surface area contributed by atoms with Crippen LogP contribution in [0.2, 0.25) is 0 Å². The zero-order valence-corrected chi connectivity index (χ0v) is 12.5. The maximum atomic E-state index is 12.7. The number of rotatable bonds is 4. The first kappa shape index (κ1) is 13.5. The number of oxazole rings is 1. The lowest BCUT2D eigenvalue weighted by Crippen LogP contribution is -2.32. The summed E-state index contributed by atoms with van der Waals surface area (Å²) < 4.78 is 10.6. The van der Waals surface area contributed by atoms with Crippen LogP contribution in [0.5, 0.6) is 0 Å². The van der Waals surface area contributed by atoms with Gasteiger partial charge in [-0.1, -0.05) is 12.1 Å². The van der Waals surface area contributed by atoms with Crippen LogP contribution in [-0.2, 0) is 6.42 Å². The minimum absolute atomic E-state index is 0.106. The van der Waals surface area contributed by atoms with E-state index in [1.54, 1.807) is 4.90 Å². The lowest BCUT2D eigenvalue weighted by molar-refractivity contribution is 0.0720. The van der Waals surface area contributed by atoms with Crippen molar-refractivity contribution in [2.45, 2.75) is 51.0 Å². The lowest BCUT2D eigenvalue weighted by atomic mass is 10.2. The molecule has 0 unspecified atom stereocenters. The van der Waals surface area contributed by atoms with Gasteiger partial charge in [0.25, 0.3) is 5.91 Å². The molecule has 116 valence electrons. The summed E-state index contributed by atoms with van der Waals surface area (Å²) in [6.45, 7) is 2.63. The summed E-state index contributed by atoms with van der Waals surface area (Å²) in [5, 5.41) is 4.09. The zero-order chi connectivity index (χ0) is 15.1. The fraction of sp³-hybridized carbons (Fsp3) is 0.600. The molecule has 2 fully saturated rings. The molecule has 7 heteroatoms. The third-order valence-electron chi connectivity index (χ3n) is 4.36. The SMILES string of the molecule is CCc1ocnc1C(=O)N1CCC[C@@H]1c1noc(C2CC2)n1. The van der Waals surface area contributed by atoms with Crippen molar-refractivity contribution >= 4 is 5.91 Å². The van der Waals surface area contributed by atoms with E-state index in [0.717, 1.165) is 25.7 Å². The Kier molecular flexibility index (Phi) is 3.20. The molecule has 3 heterocycles. The van der Waals surface area contributed by atoms with Gasteiger partial charge in [0.2, 0.25) is 5.89 Å². The Labute approximate surface area is 127 Å². The fourth-order valence-electron chi connectivity index (χ4n) is 2.99. The quantitative estimate of drug-likeness (QED) is 0.862. The van der Waals surface area contributed by atoms with E-state index in [0.29, 0.717) is 42.1 Å². The van der Waals surface area contributed by atoms with Crippen LogP contribution < -0.4 is 0 Å². The number of nitrogens with zero attached hydrogens (tertiary/aromatic N) is 4. The highest BCUT2D eigenvalue weighted by Gasteiger charge is 2.37. The van der Waals surface area contributed by atoms with E-state index in [4.69, 9.17) is 8.94 Å². The summed E-state index contributed by atoms with van der Waals surface area (Å²) in [5.74, 6) is 2.28. The second-order valence-corrected chi connectivity index (χ2v) is 5.90. The van der Waals surface area contributed by atoms with Crippen LogP contribution in [0.1, 0.15) is 72.5 Å². The first-order chi connectivity index (χ1) is 10.8. The second kappa shape index (κ2) is 5.23. The summed E-state index contributed by atoms with van der Waals surface area (Å²) in [6.07, 6.45) is 6.00. The molecular weight excluding hydrogens is 284 g/mol. The third kappa shape index (κ3) is 2.20. The summed E-state index contributed by atoms with van der Waals surface area (Å²) in [5.41, 5.74) is 0.403. The van der Waals surface area contributed by atoms with E-state index in [-0.39, 0.29) is 11.9 Å². The third-order valence-corrected chi connectivity index (χ3v) is 4.36. The van der Waals surface area contributed by atoms with E-state index in [1.165, 1.54) is 6.39 Å². The Morgan fingerprint density at radius 1 is 1.41 bits per heavy atom. The van der Waals surface area contributed by atoms with Crippen LogP contribution in [0.15, 0.2) is 15.3 Å². The first-order valence-electron chi connectivity index (χ1n) is 7.84. The van der Waals surface area contributed by atoms with Gasteiger partial charge in [0.05, 0.1) is 6.04 Å². The average Bonchev–Trinajstić information content (AvgIpc) is 3.02. The van der Waals surface area contributed by atoms with Gasteiger partial charge >= 0.3 is 0 Å². The van der Waals surface area contributed by atoms with Crippen molar-refractivity contribution < 1.29 is 13.7 Å². The molecule has 4 rings (SSSR count). The molecule has 1 aliphatic carbocycles. The minimum atomic E-state index is -0.120. The van der Waals surface area contributed by atoms with Gasteiger partial charge in [0, 0.05) is 18.9 Å². The molecule has 0 bridgehead atoms. The van der Waals surface area contributed by atoms with Crippen molar-refractivity contribution in [2.24, 2.45) is 0 Å². The van der Waals surface area contributed by atoms with Gasteiger partial charge in [0.15, 0.2) is 17.9 Å².